The number of hydroxylamine groups is 1. The minimum atomic E-state index is -0.584. The summed E-state index contributed by atoms with van der Waals surface area (Å²) < 4.78 is 0. The maximum Gasteiger partial charge on any atom is 0.236 e. The molecule has 1 aromatic carbocycles. The van der Waals surface area contributed by atoms with Crippen LogP contribution in [0.5, 0.6) is 0 Å². The quantitative estimate of drug-likeness (QED) is 0.424. The number of hydrogen-bond donors (Lipinski definition) is 3. The fraction of sp³-hybridized carbons (Fsp3) is 0. The van der Waals surface area contributed by atoms with E-state index in [9.17, 15) is 0 Å². The first-order chi connectivity index (χ1) is 6.99. The van der Waals surface area contributed by atoms with Gasteiger partial charge < -0.3 is 5.73 Å². The zero-order chi connectivity index (χ0) is 11.4. The molecule has 0 radical (unpaired) electrons. The molecule has 0 aliphatic heterocycles. The first kappa shape index (κ1) is 11.8. The Morgan fingerprint density at radius 1 is 1.40 bits per heavy atom. The van der Waals surface area contributed by atoms with Gasteiger partial charge in [0.2, 0.25) is 5.96 Å². The van der Waals surface area contributed by atoms with Crippen molar-refractivity contribution in [2.45, 2.75) is 0 Å². The standard InChI is InChI=1S/C8H8Cl2N4O/c9-6-1-5(2-7(10)3-6)4-13-14(15)8(11)12/h1-4,15H,(H3,11,12). The number of guanidine groups is 1. The summed E-state index contributed by atoms with van der Waals surface area (Å²) in [5.41, 5.74) is 5.54. The van der Waals surface area contributed by atoms with Gasteiger partial charge in [-0.25, -0.2) is 0 Å². The van der Waals surface area contributed by atoms with Crippen LogP contribution < -0.4 is 5.73 Å². The summed E-state index contributed by atoms with van der Waals surface area (Å²) in [6.07, 6.45) is 1.28. The summed E-state index contributed by atoms with van der Waals surface area (Å²) in [6.45, 7) is 0. The third-order valence-corrected chi connectivity index (χ3v) is 1.85. The highest BCUT2D eigenvalue weighted by Crippen LogP contribution is 2.17. The maximum atomic E-state index is 8.95. The van der Waals surface area contributed by atoms with Crippen LogP contribution in [0.4, 0.5) is 0 Å². The second kappa shape index (κ2) is 4.97. The molecule has 0 saturated carbocycles. The minimum Gasteiger partial charge on any atom is -0.367 e. The molecule has 0 aromatic heterocycles. The fourth-order valence-corrected chi connectivity index (χ4v) is 1.38. The molecule has 1 aromatic rings. The van der Waals surface area contributed by atoms with Crippen LogP contribution >= 0.6 is 23.2 Å². The van der Waals surface area contributed by atoms with Crippen molar-refractivity contribution in [3.05, 3.63) is 33.8 Å². The molecule has 15 heavy (non-hydrogen) atoms. The summed E-state index contributed by atoms with van der Waals surface area (Å²) in [6, 6.07) is 4.78. The molecule has 0 heterocycles. The Kier molecular flexibility index (Phi) is 3.90. The van der Waals surface area contributed by atoms with Gasteiger partial charge >= 0.3 is 0 Å². The average Bonchev–Trinajstić information content (AvgIpc) is 2.12. The lowest BCUT2D eigenvalue weighted by Crippen LogP contribution is -2.28. The molecule has 0 aliphatic carbocycles. The van der Waals surface area contributed by atoms with E-state index < -0.39 is 5.96 Å². The molecular weight excluding hydrogens is 239 g/mol. The van der Waals surface area contributed by atoms with Crippen molar-refractivity contribution in [1.29, 1.82) is 5.41 Å². The van der Waals surface area contributed by atoms with Gasteiger partial charge in [-0.3, -0.25) is 10.6 Å². The van der Waals surface area contributed by atoms with Gasteiger partial charge in [-0.2, -0.15) is 5.10 Å². The Morgan fingerprint density at radius 3 is 2.40 bits per heavy atom. The van der Waals surface area contributed by atoms with Crippen LogP contribution in [-0.4, -0.2) is 22.6 Å². The van der Waals surface area contributed by atoms with Gasteiger partial charge in [-0.15, -0.1) is 5.17 Å². The summed E-state index contributed by atoms with van der Waals surface area (Å²) in [7, 11) is 0. The molecular formula is C8H8Cl2N4O. The first-order valence-corrected chi connectivity index (χ1v) is 4.58. The zero-order valence-electron chi connectivity index (χ0n) is 7.48. The molecule has 7 heteroatoms. The summed E-state index contributed by atoms with van der Waals surface area (Å²) >= 11 is 11.5. The van der Waals surface area contributed by atoms with Crippen molar-refractivity contribution in [2.75, 3.05) is 0 Å². The van der Waals surface area contributed by atoms with Crippen molar-refractivity contribution in [1.82, 2.24) is 5.17 Å². The number of benzene rings is 1. The second-order valence-corrected chi connectivity index (χ2v) is 3.49. The van der Waals surface area contributed by atoms with Crippen LogP contribution in [0.2, 0.25) is 10.0 Å². The third kappa shape index (κ3) is 3.75. The van der Waals surface area contributed by atoms with Gasteiger partial charge in [-0.05, 0) is 23.8 Å². The van der Waals surface area contributed by atoms with E-state index in [0.29, 0.717) is 15.6 Å². The van der Waals surface area contributed by atoms with Crippen LogP contribution in [0.25, 0.3) is 0 Å². The number of nitrogens with two attached hydrogens (primary N) is 1. The first-order valence-electron chi connectivity index (χ1n) is 3.82. The predicted octanol–water partition coefficient (Wildman–Crippen LogP) is 1.91. The fourth-order valence-electron chi connectivity index (χ4n) is 0.833. The lowest BCUT2D eigenvalue weighted by atomic mass is 10.2. The normalized spacial score (nSPS) is 10.6. The van der Waals surface area contributed by atoms with Gasteiger partial charge in [0.15, 0.2) is 0 Å². The molecule has 0 atom stereocenters. The van der Waals surface area contributed by atoms with Crippen LogP contribution in [-0.2, 0) is 0 Å². The zero-order valence-corrected chi connectivity index (χ0v) is 9.00. The number of hydrazone groups is 1. The van der Waals surface area contributed by atoms with Crippen molar-refractivity contribution >= 4 is 35.4 Å². The third-order valence-electron chi connectivity index (χ3n) is 1.42. The van der Waals surface area contributed by atoms with Gasteiger partial charge in [-0.1, -0.05) is 23.2 Å². The lowest BCUT2D eigenvalue weighted by Gasteiger charge is -2.05. The molecule has 0 fully saturated rings. The van der Waals surface area contributed by atoms with E-state index in [-0.39, 0.29) is 5.17 Å². The Labute approximate surface area is 96.2 Å². The van der Waals surface area contributed by atoms with E-state index in [1.165, 1.54) is 6.21 Å². The number of nitrogens with zero attached hydrogens (tertiary/aromatic N) is 2. The van der Waals surface area contributed by atoms with Gasteiger partial charge in [0, 0.05) is 10.0 Å². The molecule has 80 valence electrons. The van der Waals surface area contributed by atoms with E-state index in [1.54, 1.807) is 18.2 Å². The molecule has 0 aliphatic rings. The molecule has 0 bridgehead atoms. The lowest BCUT2D eigenvalue weighted by molar-refractivity contribution is -0.0139. The number of hydrogen-bond acceptors (Lipinski definition) is 3. The number of halogens is 2. The summed E-state index contributed by atoms with van der Waals surface area (Å²) in [5, 5.41) is 20.4. The Balaban J connectivity index is 2.85. The van der Waals surface area contributed by atoms with Crippen molar-refractivity contribution in [2.24, 2.45) is 10.8 Å². The van der Waals surface area contributed by atoms with Crippen LogP contribution in [0.3, 0.4) is 0 Å². The topological polar surface area (TPSA) is 85.7 Å². The molecule has 4 N–H and O–H groups in total. The summed E-state index contributed by atoms with van der Waals surface area (Å²) in [5.74, 6) is -0.584. The van der Waals surface area contributed by atoms with E-state index in [2.05, 4.69) is 5.10 Å². The van der Waals surface area contributed by atoms with Crippen molar-refractivity contribution in [3.8, 4) is 0 Å². The van der Waals surface area contributed by atoms with Gasteiger partial charge in [0.25, 0.3) is 0 Å². The van der Waals surface area contributed by atoms with Gasteiger partial charge in [0.1, 0.15) is 0 Å². The molecule has 0 amide bonds. The molecule has 0 spiro atoms. The van der Waals surface area contributed by atoms with E-state index in [1.807, 2.05) is 0 Å². The molecule has 1 rings (SSSR count). The largest absolute Gasteiger partial charge is 0.367 e. The van der Waals surface area contributed by atoms with Crippen LogP contribution in [0, 0.1) is 5.41 Å². The smallest absolute Gasteiger partial charge is 0.236 e. The SMILES string of the molecule is N=C(N)N(O)N=Cc1cc(Cl)cc(Cl)c1. The predicted molar refractivity (Wildman–Crippen MR) is 59.6 cm³/mol. The second-order valence-electron chi connectivity index (χ2n) is 2.62. The number of nitrogens with one attached hydrogen (secondary N) is 1. The molecule has 5 nitrogen and oxygen atoms in total. The molecule has 0 saturated heterocycles. The Hall–Kier alpha value is -1.30. The van der Waals surface area contributed by atoms with Crippen LogP contribution in [0.1, 0.15) is 5.56 Å². The van der Waals surface area contributed by atoms with Crippen LogP contribution in [0.15, 0.2) is 23.3 Å². The van der Waals surface area contributed by atoms with E-state index in [0.717, 1.165) is 0 Å². The monoisotopic (exact) mass is 246 g/mol. The Bertz CT molecular complexity index is 387. The van der Waals surface area contributed by atoms with E-state index >= 15 is 0 Å². The average molecular weight is 247 g/mol. The minimum absolute atomic E-state index is 0.231. The highest BCUT2D eigenvalue weighted by molar-refractivity contribution is 6.35. The van der Waals surface area contributed by atoms with E-state index in [4.69, 9.17) is 39.6 Å². The van der Waals surface area contributed by atoms with Gasteiger partial charge in [0.05, 0.1) is 6.21 Å². The highest BCUT2D eigenvalue weighted by Gasteiger charge is 1.98. The number of rotatable bonds is 2. The Morgan fingerprint density at radius 2 is 1.93 bits per heavy atom. The van der Waals surface area contributed by atoms with Crippen molar-refractivity contribution < 1.29 is 5.21 Å². The highest BCUT2D eigenvalue weighted by atomic mass is 35.5. The summed E-state index contributed by atoms with van der Waals surface area (Å²) in [4.78, 5) is 0. The molecule has 0 unspecified atom stereocenters. The van der Waals surface area contributed by atoms with Crippen molar-refractivity contribution in [3.63, 3.8) is 0 Å². The maximum absolute atomic E-state index is 8.95.